The highest BCUT2D eigenvalue weighted by Crippen LogP contribution is 2.11. The summed E-state index contributed by atoms with van der Waals surface area (Å²) in [6.45, 7) is 0.0276. The summed E-state index contributed by atoms with van der Waals surface area (Å²) >= 11 is 0. The van der Waals surface area contributed by atoms with Gasteiger partial charge >= 0.3 is 6.09 Å². The first-order chi connectivity index (χ1) is 11.0. The molecule has 0 radical (unpaired) electrons. The molecule has 0 aliphatic heterocycles. The van der Waals surface area contributed by atoms with E-state index in [1.54, 1.807) is 0 Å². The number of ether oxygens (including phenoxy) is 1. The largest absolute Gasteiger partial charge is 0.445 e. The van der Waals surface area contributed by atoms with Crippen LogP contribution in [0.2, 0.25) is 0 Å². The SMILES string of the molecule is O=C(NCC(O)Cc1ccc(F)cc1F)OCc1ccccc1. The summed E-state index contributed by atoms with van der Waals surface area (Å²) in [5.41, 5.74) is 1.02. The van der Waals surface area contributed by atoms with Crippen LogP contribution in [0.4, 0.5) is 13.6 Å². The van der Waals surface area contributed by atoms with Crippen molar-refractivity contribution >= 4 is 6.09 Å². The van der Waals surface area contributed by atoms with Crippen molar-refractivity contribution in [3.63, 3.8) is 0 Å². The topological polar surface area (TPSA) is 58.6 Å². The van der Waals surface area contributed by atoms with Crippen molar-refractivity contribution in [1.82, 2.24) is 5.32 Å². The van der Waals surface area contributed by atoms with E-state index in [0.717, 1.165) is 17.7 Å². The van der Waals surface area contributed by atoms with Gasteiger partial charge in [-0.3, -0.25) is 0 Å². The zero-order chi connectivity index (χ0) is 16.7. The Morgan fingerprint density at radius 2 is 1.91 bits per heavy atom. The maximum Gasteiger partial charge on any atom is 0.407 e. The lowest BCUT2D eigenvalue weighted by Gasteiger charge is -2.13. The maximum absolute atomic E-state index is 13.5. The summed E-state index contributed by atoms with van der Waals surface area (Å²) in [4.78, 5) is 11.5. The third kappa shape index (κ3) is 5.67. The van der Waals surface area contributed by atoms with E-state index in [2.05, 4.69) is 5.32 Å². The third-order valence-corrected chi connectivity index (χ3v) is 3.17. The number of carbonyl (C=O) groups is 1. The fourth-order valence-corrected chi connectivity index (χ4v) is 1.99. The first-order valence-electron chi connectivity index (χ1n) is 7.11. The van der Waals surface area contributed by atoms with Crippen LogP contribution in [-0.4, -0.2) is 23.8 Å². The van der Waals surface area contributed by atoms with Crippen LogP contribution in [0.5, 0.6) is 0 Å². The van der Waals surface area contributed by atoms with Gasteiger partial charge in [-0.1, -0.05) is 36.4 Å². The fraction of sp³-hybridized carbons (Fsp3) is 0.235. The Balaban J connectivity index is 1.73. The molecule has 2 N–H and O–H groups in total. The van der Waals surface area contributed by atoms with Gasteiger partial charge in [-0.2, -0.15) is 0 Å². The van der Waals surface area contributed by atoms with E-state index in [0.29, 0.717) is 0 Å². The van der Waals surface area contributed by atoms with Gasteiger partial charge in [0.2, 0.25) is 0 Å². The molecule has 0 aliphatic carbocycles. The molecular formula is C17H17F2NO3. The van der Waals surface area contributed by atoms with Gasteiger partial charge in [0.1, 0.15) is 18.2 Å². The van der Waals surface area contributed by atoms with E-state index in [4.69, 9.17) is 4.74 Å². The molecule has 6 heteroatoms. The predicted octanol–water partition coefficient (Wildman–Crippen LogP) is 2.79. The number of rotatable bonds is 6. The van der Waals surface area contributed by atoms with E-state index in [1.165, 1.54) is 6.07 Å². The molecule has 0 fully saturated rings. The van der Waals surface area contributed by atoms with Gasteiger partial charge in [-0.15, -0.1) is 0 Å². The number of nitrogens with one attached hydrogen (secondary N) is 1. The van der Waals surface area contributed by atoms with Gasteiger partial charge in [0, 0.05) is 19.0 Å². The van der Waals surface area contributed by atoms with E-state index in [9.17, 15) is 18.7 Å². The molecule has 0 spiro atoms. The smallest absolute Gasteiger partial charge is 0.407 e. The van der Waals surface area contributed by atoms with Crippen LogP contribution < -0.4 is 5.32 Å². The number of alkyl carbamates (subject to hydrolysis) is 1. The number of amides is 1. The Labute approximate surface area is 132 Å². The Hall–Kier alpha value is -2.47. The monoisotopic (exact) mass is 321 g/mol. The highest BCUT2D eigenvalue weighted by molar-refractivity contribution is 5.67. The molecule has 0 bridgehead atoms. The molecule has 122 valence electrons. The molecule has 23 heavy (non-hydrogen) atoms. The molecule has 4 nitrogen and oxygen atoms in total. The van der Waals surface area contributed by atoms with Crippen LogP contribution in [-0.2, 0) is 17.8 Å². The van der Waals surface area contributed by atoms with E-state index >= 15 is 0 Å². The summed E-state index contributed by atoms with van der Waals surface area (Å²) in [7, 11) is 0. The molecule has 1 atom stereocenters. The summed E-state index contributed by atoms with van der Waals surface area (Å²) < 4.78 is 31.2. The first kappa shape index (κ1) is 16.9. The van der Waals surface area contributed by atoms with Gasteiger partial charge in [0.15, 0.2) is 0 Å². The molecule has 2 aromatic carbocycles. The Bertz CT molecular complexity index is 650. The maximum atomic E-state index is 13.5. The molecule has 2 rings (SSSR count). The van der Waals surface area contributed by atoms with Gasteiger partial charge in [0.25, 0.3) is 0 Å². The molecule has 1 unspecified atom stereocenters. The lowest BCUT2D eigenvalue weighted by atomic mass is 10.1. The lowest BCUT2D eigenvalue weighted by molar-refractivity contribution is 0.125. The quantitative estimate of drug-likeness (QED) is 0.860. The standard InChI is InChI=1S/C17H17F2NO3/c18-14-7-6-13(16(19)9-14)8-15(21)10-20-17(22)23-11-12-4-2-1-3-5-12/h1-7,9,15,21H,8,10-11H2,(H,20,22). The molecule has 0 heterocycles. The molecule has 0 aromatic heterocycles. The Morgan fingerprint density at radius 1 is 1.17 bits per heavy atom. The fourth-order valence-electron chi connectivity index (χ4n) is 1.99. The van der Waals surface area contributed by atoms with Gasteiger partial charge in [-0.25, -0.2) is 13.6 Å². The minimum absolute atomic E-state index is 0.0366. The second-order valence-corrected chi connectivity index (χ2v) is 5.04. The third-order valence-electron chi connectivity index (χ3n) is 3.17. The van der Waals surface area contributed by atoms with Crippen molar-refractivity contribution in [2.75, 3.05) is 6.54 Å². The number of aliphatic hydroxyl groups excluding tert-OH is 1. The van der Waals surface area contributed by atoms with Crippen LogP contribution in [0.15, 0.2) is 48.5 Å². The summed E-state index contributed by atoms with van der Waals surface area (Å²) in [6.07, 6.45) is -1.71. The van der Waals surface area contributed by atoms with Crippen LogP contribution in [0, 0.1) is 11.6 Å². The number of benzene rings is 2. The number of hydrogen-bond acceptors (Lipinski definition) is 3. The van der Waals surface area contributed by atoms with Crippen molar-refractivity contribution in [3.05, 3.63) is 71.3 Å². The second-order valence-electron chi connectivity index (χ2n) is 5.04. The van der Waals surface area contributed by atoms with Gasteiger partial charge in [-0.05, 0) is 17.2 Å². The van der Waals surface area contributed by atoms with Crippen LogP contribution in [0.25, 0.3) is 0 Å². The molecule has 0 saturated heterocycles. The highest BCUT2D eigenvalue weighted by Gasteiger charge is 2.12. The first-order valence-corrected chi connectivity index (χ1v) is 7.11. The number of hydrogen-bond donors (Lipinski definition) is 2. The highest BCUT2D eigenvalue weighted by atomic mass is 19.1. The van der Waals surface area contributed by atoms with Crippen molar-refractivity contribution in [3.8, 4) is 0 Å². The summed E-state index contributed by atoms with van der Waals surface area (Å²) in [5.74, 6) is -1.40. The van der Waals surface area contributed by atoms with Gasteiger partial charge in [0.05, 0.1) is 6.10 Å². The zero-order valence-electron chi connectivity index (χ0n) is 12.3. The molecule has 0 aliphatic rings. The minimum atomic E-state index is -1.00. The van der Waals surface area contributed by atoms with E-state index in [-0.39, 0.29) is 25.1 Å². The molecule has 2 aromatic rings. The average molecular weight is 321 g/mol. The van der Waals surface area contributed by atoms with Crippen molar-refractivity contribution in [1.29, 1.82) is 0 Å². The van der Waals surface area contributed by atoms with Crippen LogP contribution in [0.3, 0.4) is 0 Å². The Kier molecular flexibility index (Phi) is 6.05. The second kappa shape index (κ2) is 8.24. The Morgan fingerprint density at radius 3 is 2.61 bits per heavy atom. The zero-order valence-corrected chi connectivity index (χ0v) is 12.3. The van der Waals surface area contributed by atoms with Crippen molar-refractivity contribution < 1.29 is 23.4 Å². The van der Waals surface area contributed by atoms with Crippen LogP contribution >= 0.6 is 0 Å². The van der Waals surface area contributed by atoms with E-state index in [1.807, 2.05) is 30.3 Å². The summed E-state index contributed by atoms with van der Waals surface area (Å²) in [5, 5.41) is 12.2. The average Bonchev–Trinajstić information content (AvgIpc) is 2.54. The molecular weight excluding hydrogens is 304 g/mol. The summed E-state index contributed by atoms with van der Waals surface area (Å²) in [6, 6.07) is 12.3. The van der Waals surface area contributed by atoms with Crippen molar-refractivity contribution in [2.24, 2.45) is 0 Å². The molecule has 0 saturated carbocycles. The number of carbonyl (C=O) groups excluding carboxylic acids is 1. The predicted molar refractivity (Wildman–Crippen MR) is 80.7 cm³/mol. The van der Waals surface area contributed by atoms with E-state index < -0.39 is 23.8 Å². The molecule has 1 amide bonds. The number of halogens is 2. The van der Waals surface area contributed by atoms with Crippen molar-refractivity contribution in [2.45, 2.75) is 19.1 Å². The number of aliphatic hydroxyl groups is 1. The lowest BCUT2D eigenvalue weighted by Crippen LogP contribution is -2.33. The normalized spacial score (nSPS) is 11.8. The minimum Gasteiger partial charge on any atom is -0.445 e. The van der Waals surface area contributed by atoms with Gasteiger partial charge < -0.3 is 15.2 Å². The van der Waals surface area contributed by atoms with Crippen LogP contribution in [0.1, 0.15) is 11.1 Å².